The van der Waals surface area contributed by atoms with Gasteiger partial charge in [0.2, 0.25) is 0 Å². The lowest BCUT2D eigenvalue weighted by Gasteiger charge is -2.09. The Hall–Kier alpha value is -1.26. The fraction of sp³-hybridized carbons (Fsp3) is 0.0714. The monoisotopic (exact) mass is 322 g/mol. The number of para-hydroxylation sites is 1. The van der Waals surface area contributed by atoms with Crippen LogP contribution in [0.5, 0.6) is 5.75 Å². The van der Waals surface area contributed by atoms with Crippen LogP contribution in [-0.4, -0.2) is 13.4 Å². The Morgan fingerprint density at radius 3 is 2.67 bits per heavy atom. The van der Waals surface area contributed by atoms with E-state index in [4.69, 9.17) is 4.74 Å². The average molecular weight is 323 g/mol. The normalized spacial score (nSPS) is 10.1. The van der Waals surface area contributed by atoms with E-state index >= 15 is 0 Å². The molecule has 2 aromatic carbocycles. The summed E-state index contributed by atoms with van der Waals surface area (Å²) in [6.07, 6.45) is 0.864. The molecule has 18 heavy (non-hydrogen) atoms. The number of aldehydes is 1. The SMILES string of the molecule is COc1ccccc1Sc1ccc(Br)cc1C=O. The summed E-state index contributed by atoms with van der Waals surface area (Å²) in [5, 5.41) is 0. The Bertz CT molecular complexity index is 569. The first-order valence-electron chi connectivity index (χ1n) is 5.30. The van der Waals surface area contributed by atoms with Crippen molar-refractivity contribution in [1.29, 1.82) is 0 Å². The zero-order valence-corrected chi connectivity index (χ0v) is 12.1. The van der Waals surface area contributed by atoms with Crippen LogP contribution >= 0.6 is 27.7 Å². The molecule has 92 valence electrons. The summed E-state index contributed by atoms with van der Waals surface area (Å²) in [7, 11) is 1.64. The molecule has 0 aromatic heterocycles. The smallest absolute Gasteiger partial charge is 0.151 e. The minimum Gasteiger partial charge on any atom is -0.496 e. The molecule has 2 rings (SSSR count). The van der Waals surface area contributed by atoms with E-state index in [1.165, 1.54) is 11.8 Å². The Morgan fingerprint density at radius 1 is 1.17 bits per heavy atom. The fourth-order valence-electron chi connectivity index (χ4n) is 1.53. The molecule has 0 aliphatic heterocycles. The van der Waals surface area contributed by atoms with Gasteiger partial charge in [-0.2, -0.15) is 0 Å². The largest absolute Gasteiger partial charge is 0.496 e. The molecule has 0 saturated heterocycles. The molecule has 0 unspecified atom stereocenters. The molecule has 0 amide bonds. The van der Waals surface area contributed by atoms with Crippen molar-refractivity contribution < 1.29 is 9.53 Å². The summed E-state index contributed by atoms with van der Waals surface area (Å²) in [4.78, 5) is 13.0. The van der Waals surface area contributed by atoms with E-state index in [0.29, 0.717) is 5.56 Å². The van der Waals surface area contributed by atoms with E-state index in [9.17, 15) is 4.79 Å². The second-order valence-electron chi connectivity index (χ2n) is 3.55. The third kappa shape index (κ3) is 2.94. The molecule has 0 aliphatic rings. The lowest BCUT2D eigenvalue weighted by Crippen LogP contribution is -1.88. The van der Waals surface area contributed by atoms with Crippen LogP contribution in [0.1, 0.15) is 10.4 Å². The lowest BCUT2D eigenvalue weighted by atomic mass is 10.2. The maximum absolute atomic E-state index is 11.1. The molecule has 0 N–H and O–H groups in total. The first-order chi connectivity index (χ1) is 8.74. The third-order valence-electron chi connectivity index (χ3n) is 2.39. The Labute approximate surface area is 118 Å². The van der Waals surface area contributed by atoms with Crippen molar-refractivity contribution in [2.45, 2.75) is 9.79 Å². The number of carbonyl (C=O) groups excluding carboxylic acids is 1. The summed E-state index contributed by atoms with van der Waals surface area (Å²) in [5.74, 6) is 0.808. The average Bonchev–Trinajstić information content (AvgIpc) is 2.41. The Balaban J connectivity index is 2.36. The van der Waals surface area contributed by atoms with Crippen molar-refractivity contribution in [3.8, 4) is 5.75 Å². The highest BCUT2D eigenvalue weighted by atomic mass is 79.9. The van der Waals surface area contributed by atoms with Crippen molar-refractivity contribution in [3.63, 3.8) is 0 Å². The van der Waals surface area contributed by atoms with Crippen LogP contribution in [0.25, 0.3) is 0 Å². The molecule has 0 aliphatic carbocycles. The number of hydrogen-bond acceptors (Lipinski definition) is 3. The highest BCUT2D eigenvalue weighted by molar-refractivity contribution is 9.10. The summed E-state index contributed by atoms with van der Waals surface area (Å²) >= 11 is 4.88. The minimum absolute atomic E-state index is 0.667. The van der Waals surface area contributed by atoms with Gasteiger partial charge in [0, 0.05) is 14.9 Å². The number of halogens is 1. The van der Waals surface area contributed by atoms with Gasteiger partial charge in [0.15, 0.2) is 6.29 Å². The van der Waals surface area contributed by atoms with E-state index in [1.54, 1.807) is 7.11 Å². The Kier molecular flexibility index (Phi) is 4.44. The zero-order valence-electron chi connectivity index (χ0n) is 9.72. The van der Waals surface area contributed by atoms with Crippen molar-refractivity contribution in [1.82, 2.24) is 0 Å². The second kappa shape index (κ2) is 6.07. The van der Waals surface area contributed by atoms with Crippen LogP contribution in [0, 0.1) is 0 Å². The van der Waals surface area contributed by atoms with E-state index in [0.717, 1.165) is 26.3 Å². The number of carbonyl (C=O) groups is 1. The maximum Gasteiger partial charge on any atom is 0.151 e. The van der Waals surface area contributed by atoms with Crippen LogP contribution in [0.15, 0.2) is 56.7 Å². The van der Waals surface area contributed by atoms with Gasteiger partial charge in [-0.3, -0.25) is 4.79 Å². The second-order valence-corrected chi connectivity index (χ2v) is 5.55. The first-order valence-corrected chi connectivity index (χ1v) is 6.91. The molecular formula is C14H11BrO2S. The predicted molar refractivity (Wildman–Crippen MR) is 76.6 cm³/mol. The summed E-state index contributed by atoms with van der Waals surface area (Å²) in [6, 6.07) is 13.4. The van der Waals surface area contributed by atoms with Gasteiger partial charge in [0.05, 0.1) is 12.0 Å². The van der Waals surface area contributed by atoms with E-state index < -0.39 is 0 Å². The summed E-state index contributed by atoms with van der Waals surface area (Å²) < 4.78 is 6.19. The van der Waals surface area contributed by atoms with Crippen LogP contribution in [0.2, 0.25) is 0 Å². The van der Waals surface area contributed by atoms with Gasteiger partial charge in [-0.15, -0.1) is 0 Å². The summed E-state index contributed by atoms with van der Waals surface area (Å²) in [5.41, 5.74) is 0.667. The molecule has 4 heteroatoms. The van der Waals surface area contributed by atoms with Gasteiger partial charge in [-0.1, -0.05) is 39.8 Å². The number of hydrogen-bond donors (Lipinski definition) is 0. The molecule has 0 spiro atoms. The van der Waals surface area contributed by atoms with Gasteiger partial charge >= 0.3 is 0 Å². The summed E-state index contributed by atoms with van der Waals surface area (Å²) in [6.45, 7) is 0. The Morgan fingerprint density at radius 2 is 1.94 bits per heavy atom. The lowest BCUT2D eigenvalue weighted by molar-refractivity contribution is 0.112. The highest BCUT2D eigenvalue weighted by Crippen LogP contribution is 2.36. The van der Waals surface area contributed by atoms with E-state index in [1.807, 2.05) is 42.5 Å². The number of ether oxygens (including phenoxy) is 1. The van der Waals surface area contributed by atoms with Gasteiger partial charge in [0.25, 0.3) is 0 Å². The molecular weight excluding hydrogens is 312 g/mol. The van der Waals surface area contributed by atoms with Gasteiger partial charge in [0.1, 0.15) is 5.75 Å². The van der Waals surface area contributed by atoms with Crippen molar-refractivity contribution in [3.05, 3.63) is 52.5 Å². The molecule has 0 radical (unpaired) electrons. The van der Waals surface area contributed by atoms with Crippen molar-refractivity contribution in [2.24, 2.45) is 0 Å². The van der Waals surface area contributed by atoms with E-state index in [-0.39, 0.29) is 0 Å². The topological polar surface area (TPSA) is 26.3 Å². The number of rotatable bonds is 4. The predicted octanol–water partition coefficient (Wildman–Crippen LogP) is 4.42. The van der Waals surface area contributed by atoms with Crippen molar-refractivity contribution >= 4 is 34.0 Å². The molecule has 0 saturated carbocycles. The third-order valence-corrected chi connectivity index (χ3v) is 4.03. The van der Waals surface area contributed by atoms with Gasteiger partial charge in [-0.05, 0) is 30.3 Å². The van der Waals surface area contributed by atoms with Gasteiger partial charge in [-0.25, -0.2) is 0 Å². The van der Waals surface area contributed by atoms with Crippen molar-refractivity contribution in [2.75, 3.05) is 7.11 Å². The molecule has 0 heterocycles. The van der Waals surface area contributed by atoms with Crippen LogP contribution in [0.4, 0.5) is 0 Å². The van der Waals surface area contributed by atoms with Crippen LogP contribution in [0.3, 0.4) is 0 Å². The number of methoxy groups -OCH3 is 1. The van der Waals surface area contributed by atoms with Crippen LogP contribution in [-0.2, 0) is 0 Å². The minimum atomic E-state index is 0.667. The zero-order chi connectivity index (χ0) is 13.0. The molecule has 2 nitrogen and oxygen atoms in total. The first kappa shape index (κ1) is 13.2. The maximum atomic E-state index is 11.1. The molecule has 0 atom stereocenters. The van der Waals surface area contributed by atoms with Crippen LogP contribution < -0.4 is 4.74 Å². The molecule has 0 bridgehead atoms. The molecule has 0 fully saturated rings. The molecule has 2 aromatic rings. The van der Waals surface area contributed by atoms with E-state index in [2.05, 4.69) is 15.9 Å². The standard InChI is InChI=1S/C14H11BrO2S/c1-17-12-4-2-3-5-14(12)18-13-7-6-11(15)8-10(13)9-16/h2-9H,1H3. The quantitative estimate of drug-likeness (QED) is 0.779. The number of benzene rings is 2. The van der Waals surface area contributed by atoms with Gasteiger partial charge < -0.3 is 4.74 Å². The fourth-order valence-corrected chi connectivity index (χ4v) is 2.90. The highest BCUT2D eigenvalue weighted by Gasteiger charge is 2.08.